The van der Waals surface area contributed by atoms with Gasteiger partial charge in [-0.3, -0.25) is 4.68 Å². The molecular formula is C7H11F2N3O. The molecule has 1 heterocycles. The molecule has 6 heteroatoms. The number of halogens is 2. The summed E-state index contributed by atoms with van der Waals surface area (Å²) in [6.45, 7) is 1.09. The lowest BCUT2D eigenvalue weighted by Gasteiger charge is -2.00. The molecule has 0 spiro atoms. The molecule has 1 atom stereocenters. The van der Waals surface area contributed by atoms with E-state index in [0.717, 1.165) is 10.9 Å². The standard InChI is InChI=1S/C7H11F2N3O/c1-4(10)7-5(13)2-12(11-7)3-6(8)9/h2,4,6,13H,3,10H2,1H3. The van der Waals surface area contributed by atoms with Gasteiger partial charge in [-0.25, -0.2) is 8.78 Å². The Balaban J connectivity index is 2.82. The van der Waals surface area contributed by atoms with Gasteiger partial charge >= 0.3 is 0 Å². The summed E-state index contributed by atoms with van der Waals surface area (Å²) in [7, 11) is 0. The number of nitrogens with zero attached hydrogens (tertiary/aromatic N) is 2. The van der Waals surface area contributed by atoms with E-state index >= 15 is 0 Å². The van der Waals surface area contributed by atoms with Gasteiger partial charge in [0.1, 0.15) is 12.2 Å². The maximum Gasteiger partial charge on any atom is 0.257 e. The lowest BCUT2D eigenvalue weighted by atomic mass is 10.2. The van der Waals surface area contributed by atoms with Crippen LogP contribution < -0.4 is 5.73 Å². The van der Waals surface area contributed by atoms with Crippen molar-refractivity contribution in [3.05, 3.63) is 11.9 Å². The number of aromatic hydroxyl groups is 1. The molecule has 0 fully saturated rings. The molecule has 0 aliphatic rings. The normalized spacial score (nSPS) is 13.6. The first-order valence-corrected chi connectivity index (χ1v) is 3.80. The smallest absolute Gasteiger partial charge is 0.257 e. The molecule has 0 saturated carbocycles. The van der Waals surface area contributed by atoms with Crippen LogP contribution in [-0.2, 0) is 6.54 Å². The fourth-order valence-electron chi connectivity index (χ4n) is 0.985. The van der Waals surface area contributed by atoms with Crippen LogP contribution in [-0.4, -0.2) is 21.3 Å². The summed E-state index contributed by atoms with van der Waals surface area (Å²) in [6.07, 6.45) is -1.34. The third kappa shape index (κ3) is 2.38. The van der Waals surface area contributed by atoms with Crippen LogP contribution in [0.4, 0.5) is 8.78 Å². The minimum absolute atomic E-state index is 0.143. The van der Waals surface area contributed by atoms with Crippen LogP contribution in [0.2, 0.25) is 0 Å². The summed E-state index contributed by atoms with van der Waals surface area (Å²) in [5.41, 5.74) is 5.67. The van der Waals surface area contributed by atoms with Crippen LogP contribution in [0, 0.1) is 0 Å². The topological polar surface area (TPSA) is 64.1 Å². The predicted molar refractivity (Wildman–Crippen MR) is 42.5 cm³/mol. The van der Waals surface area contributed by atoms with Gasteiger partial charge in [0.15, 0.2) is 5.75 Å². The van der Waals surface area contributed by atoms with E-state index < -0.39 is 19.0 Å². The van der Waals surface area contributed by atoms with Crippen molar-refractivity contribution in [3.8, 4) is 5.75 Å². The Hall–Kier alpha value is -1.17. The largest absolute Gasteiger partial charge is 0.504 e. The molecule has 4 nitrogen and oxygen atoms in total. The van der Waals surface area contributed by atoms with Crippen LogP contribution in [0.25, 0.3) is 0 Å². The SMILES string of the molecule is CC(N)c1nn(CC(F)F)cc1O. The van der Waals surface area contributed by atoms with Crippen molar-refractivity contribution in [1.82, 2.24) is 9.78 Å². The highest BCUT2D eigenvalue weighted by Crippen LogP contribution is 2.20. The Labute approximate surface area is 74.0 Å². The van der Waals surface area contributed by atoms with Gasteiger partial charge in [0.2, 0.25) is 0 Å². The molecule has 1 aromatic rings. The van der Waals surface area contributed by atoms with Crippen molar-refractivity contribution in [2.45, 2.75) is 25.9 Å². The van der Waals surface area contributed by atoms with E-state index in [-0.39, 0.29) is 11.4 Å². The molecule has 0 amide bonds. The van der Waals surface area contributed by atoms with Crippen molar-refractivity contribution in [1.29, 1.82) is 0 Å². The van der Waals surface area contributed by atoms with Crippen LogP contribution in [0.3, 0.4) is 0 Å². The fraction of sp³-hybridized carbons (Fsp3) is 0.571. The van der Waals surface area contributed by atoms with E-state index in [1.54, 1.807) is 6.92 Å². The zero-order chi connectivity index (χ0) is 10.0. The van der Waals surface area contributed by atoms with Crippen molar-refractivity contribution in [2.24, 2.45) is 5.73 Å². The van der Waals surface area contributed by atoms with Gasteiger partial charge in [0.05, 0.1) is 6.20 Å². The molecule has 0 aliphatic heterocycles. The first-order valence-electron chi connectivity index (χ1n) is 3.80. The summed E-state index contributed by atoms with van der Waals surface area (Å²) in [5.74, 6) is -0.143. The number of aromatic nitrogens is 2. The van der Waals surface area contributed by atoms with Crippen molar-refractivity contribution in [2.75, 3.05) is 0 Å². The molecular weight excluding hydrogens is 180 g/mol. The Morgan fingerprint density at radius 1 is 1.69 bits per heavy atom. The molecule has 0 radical (unpaired) electrons. The first-order chi connectivity index (χ1) is 6.00. The third-order valence-electron chi connectivity index (χ3n) is 1.53. The van der Waals surface area contributed by atoms with Gasteiger partial charge in [0, 0.05) is 6.04 Å². The predicted octanol–water partition coefficient (Wildman–Crippen LogP) is 0.874. The summed E-state index contributed by atoms with van der Waals surface area (Å²) >= 11 is 0. The molecule has 1 unspecified atom stereocenters. The second kappa shape index (κ2) is 3.69. The molecule has 3 N–H and O–H groups in total. The number of hydrogen-bond acceptors (Lipinski definition) is 3. The Morgan fingerprint density at radius 3 is 2.69 bits per heavy atom. The average Bonchev–Trinajstić information content (AvgIpc) is 2.29. The first kappa shape index (κ1) is 9.91. The van der Waals surface area contributed by atoms with Crippen LogP contribution in [0.15, 0.2) is 6.20 Å². The van der Waals surface area contributed by atoms with Gasteiger partial charge in [-0.15, -0.1) is 0 Å². The molecule has 74 valence electrons. The minimum Gasteiger partial charge on any atom is -0.504 e. The molecule has 0 aliphatic carbocycles. The Morgan fingerprint density at radius 2 is 2.31 bits per heavy atom. The molecule has 13 heavy (non-hydrogen) atoms. The van der Waals surface area contributed by atoms with E-state index in [1.165, 1.54) is 0 Å². The number of alkyl halides is 2. The monoisotopic (exact) mass is 191 g/mol. The highest BCUT2D eigenvalue weighted by molar-refractivity contribution is 5.24. The summed E-state index contributed by atoms with van der Waals surface area (Å²) in [5, 5.41) is 12.9. The Bertz CT molecular complexity index is 285. The van der Waals surface area contributed by atoms with E-state index in [9.17, 15) is 13.9 Å². The van der Waals surface area contributed by atoms with Gasteiger partial charge in [-0.2, -0.15) is 5.10 Å². The van der Waals surface area contributed by atoms with Gasteiger partial charge < -0.3 is 10.8 Å². The van der Waals surface area contributed by atoms with Gasteiger partial charge in [-0.05, 0) is 6.92 Å². The molecule has 0 aromatic carbocycles. The second-order valence-electron chi connectivity index (χ2n) is 2.80. The zero-order valence-corrected chi connectivity index (χ0v) is 7.11. The zero-order valence-electron chi connectivity index (χ0n) is 7.11. The number of nitrogens with two attached hydrogens (primary N) is 1. The molecule has 0 saturated heterocycles. The number of hydrogen-bond donors (Lipinski definition) is 2. The summed E-state index contributed by atoms with van der Waals surface area (Å²) < 4.78 is 24.8. The van der Waals surface area contributed by atoms with E-state index in [2.05, 4.69) is 5.10 Å². The van der Waals surface area contributed by atoms with Crippen molar-refractivity contribution >= 4 is 0 Å². The maximum absolute atomic E-state index is 11.9. The third-order valence-corrected chi connectivity index (χ3v) is 1.53. The van der Waals surface area contributed by atoms with Crippen molar-refractivity contribution < 1.29 is 13.9 Å². The highest BCUT2D eigenvalue weighted by Gasteiger charge is 2.13. The fourth-order valence-corrected chi connectivity index (χ4v) is 0.985. The molecule has 0 bridgehead atoms. The highest BCUT2D eigenvalue weighted by atomic mass is 19.3. The van der Waals surface area contributed by atoms with Gasteiger partial charge in [-0.1, -0.05) is 0 Å². The number of rotatable bonds is 3. The minimum atomic E-state index is -2.49. The Kier molecular flexibility index (Phi) is 2.82. The van der Waals surface area contributed by atoms with Crippen LogP contribution in [0.5, 0.6) is 5.75 Å². The molecule has 1 aromatic heterocycles. The van der Waals surface area contributed by atoms with Crippen LogP contribution in [0.1, 0.15) is 18.7 Å². The van der Waals surface area contributed by atoms with Crippen LogP contribution >= 0.6 is 0 Å². The second-order valence-corrected chi connectivity index (χ2v) is 2.80. The van der Waals surface area contributed by atoms with E-state index in [1.807, 2.05) is 0 Å². The lowest BCUT2D eigenvalue weighted by Crippen LogP contribution is -2.10. The summed E-state index contributed by atoms with van der Waals surface area (Å²) in [6, 6.07) is -0.459. The quantitative estimate of drug-likeness (QED) is 0.745. The average molecular weight is 191 g/mol. The maximum atomic E-state index is 11.9. The van der Waals surface area contributed by atoms with Crippen molar-refractivity contribution in [3.63, 3.8) is 0 Å². The van der Waals surface area contributed by atoms with E-state index in [4.69, 9.17) is 5.73 Å². The summed E-state index contributed by atoms with van der Waals surface area (Å²) in [4.78, 5) is 0. The van der Waals surface area contributed by atoms with Gasteiger partial charge in [0.25, 0.3) is 6.43 Å². The van der Waals surface area contributed by atoms with E-state index in [0.29, 0.717) is 0 Å². The lowest BCUT2D eigenvalue weighted by molar-refractivity contribution is 0.121. The molecule has 1 rings (SSSR count).